The number of thioether (sulfide) groups is 1. The van der Waals surface area contributed by atoms with Crippen LogP contribution in [0.3, 0.4) is 0 Å². The summed E-state index contributed by atoms with van der Waals surface area (Å²) >= 11 is 1.47. The average Bonchev–Trinajstić information content (AvgIpc) is 2.14. The van der Waals surface area contributed by atoms with Crippen LogP contribution in [0.5, 0.6) is 0 Å². The Labute approximate surface area is 51.5 Å². The second-order valence-corrected chi connectivity index (χ2v) is 2.07. The summed E-state index contributed by atoms with van der Waals surface area (Å²) in [5, 5.41) is 4.31. The molecule has 8 heavy (non-hydrogen) atoms. The summed E-state index contributed by atoms with van der Waals surface area (Å²) in [6, 6.07) is 0. The van der Waals surface area contributed by atoms with Gasteiger partial charge in [-0.25, -0.2) is 0 Å². The molecule has 0 unspecified atom stereocenters. The van der Waals surface area contributed by atoms with Gasteiger partial charge in [0.1, 0.15) is 0 Å². The number of aromatic nitrogens is 2. The second-order valence-electron chi connectivity index (χ2n) is 1.30. The monoisotopic (exact) mass is 130 g/mol. The molecule has 0 N–H and O–H groups in total. The maximum absolute atomic E-state index is 4.67. The molecule has 0 spiro atoms. The number of aryl methyl sites for hydroxylation is 1. The highest BCUT2D eigenvalue weighted by Crippen LogP contribution is 2.07. The van der Waals surface area contributed by atoms with Crippen molar-refractivity contribution in [3.63, 3.8) is 0 Å². The van der Waals surface area contributed by atoms with Gasteiger partial charge in [0.15, 0.2) is 0 Å². The molecule has 0 aromatic carbocycles. The number of nitrogens with zero attached hydrogens (tertiary/aromatic N) is 2. The fourth-order valence-corrected chi connectivity index (χ4v) is 0.695. The zero-order chi connectivity index (χ0) is 5.98. The SMILES string of the molecule is CSc1noc(C)n1. The maximum atomic E-state index is 4.67. The quantitative estimate of drug-likeness (QED) is 0.533. The Morgan fingerprint density at radius 2 is 2.38 bits per heavy atom. The first-order valence-electron chi connectivity index (χ1n) is 2.17. The first-order chi connectivity index (χ1) is 3.83. The summed E-state index contributed by atoms with van der Waals surface area (Å²) < 4.78 is 4.67. The van der Waals surface area contributed by atoms with Gasteiger partial charge in [0, 0.05) is 6.92 Å². The Kier molecular flexibility index (Phi) is 1.53. The zero-order valence-electron chi connectivity index (χ0n) is 4.71. The molecule has 1 aromatic rings. The molecule has 0 atom stereocenters. The van der Waals surface area contributed by atoms with E-state index in [4.69, 9.17) is 0 Å². The van der Waals surface area contributed by atoms with Crippen molar-refractivity contribution >= 4 is 11.8 Å². The molecule has 0 amide bonds. The lowest BCUT2D eigenvalue weighted by Gasteiger charge is -1.73. The number of hydrogen-bond acceptors (Lipinski definition) is 4. The normalized spacial score (nSPS) is 9.75. The summed E-state index contributed by atoms with van der Waals surface area (Å²) in [5.74, 6) is 0.620. The van der Waals surface area contributed by atoms with Gasteiger partial charge in [0.25, 0.3) is 0 Å². The van der Waals surface area contributed by atoms with Crippen LogP contribution in [0.4, 0.5) is 0 Å². The van der Waals surface area contributed by atoms with Gasteiger partial charge in [-0.3, -0.25) is 0 Å². The summed E-state index contributed by atoms with van der Waals surface area (Å²) in [4.78, 5) is 3.91. The van der Waals surface area contributed by atoms with Gasteiger partial charge in [-0.1, -0.05) is 16.9 Å². The summed E-state index contributed by atoms with van der Waals surface area (Å²) in [6.07, 6.45) is 1.91. The van der Waals surface area contributed by atoms with Crippen molar-refractivity contribution in [3.05, 3.63) is 5.89 Å². The van der Waals surface area contributed by atoms with E-state index in [0.717, 1.165) is 0 Å². The van der Waals surface area contributed by atoms with Gasteiger partial charge in [-0.15, -0.1) is 0 Å². The van der Waals surface area contributed by atoms with Crippen molar-refractivity contribution in [1.82, 2.24) is 10.1 Å². The predicted molar refractivity (Wildman–Crippen MR) is 30.8 cm³/mol. The first-order valence-corrected chi connectivity index (χ1v) is 3.39. The predicted octanol–water partition coefficient (Wildman–Crippen LogP) is 1.10. The van der Waals surface area contributed by atoms with Crippen molar-refractivity contribution in [1.29, 1.82) is 0 Å². The Morgan fingerprint density at radius 3 is 2.62 bits per heavy atom. The molecule has 0 fully saturated rings. The lowest BCUT2D eigenvalue weighted by atomic mass is 10.8. The van der Waals surface area contributed by atoms with E-state index in [2.05, 4.69) is 14.7 Å². The van der Waals surface area contributed by atoms with Gasteiger partial charge >= 0.3 is 0 Å². The lowest BCUT2D eigenvalue weighted by molar-refractivity contribution is 0.382. The minimum Gasteiger partial charge on any atom is -0.339 e. The Bertz CT molecular complexity index is 174. The molecule has 0 saturated carbocycles. The van der Waals surface area contributed by atoms with Crippen LogP contribution in [0, 0.1) is 6.92 Å². The Hall–Kier alpha value is -0.510. The van der Waals surface area contributed by atoms with Gasteiger partial charge in [0.05, 0.1) is 0 Å². The molecule has 0 aliphatic rings. The Morgan fingerprint density at radius 1 is 1.62 bits per heavy atom. The second kappa shape index (κ2) is 2.17. The fraction of sp³-hybridized carbons (Fsp3) is 0.500. The van der Waals surface area contributed by atoms with E-state index < -0.39 is 0 Å². The molecule has 0 aliphatic carbocycles. The maximum Gasteiger partial charge on any atom is 0.229 e. The molecular formula is C4H6N2OS. The Balaban J connectivity index is 2.84. The third kappa shape index (κ3) is 1.01. The third-order valence-corrected chi connectivity index (χ3v) is 1.22. The fourth-order valence-electron chi connectivity index (χ4n) is 0.364. The van der Waals surface area contributed by atoms with Crippen molar-refractivity contribution < 1.29 is 4.52 Å². The molecule has 1 heterocycles. The van der Waals surface area contributed by atoms with Crippen LogP contribution < -0.4 is 0 Å². The largest absolute Gasteiger partial charge is 0.339 e. The van der Waals surface area contributed by atoms with Crippen LogP contribution in [-0.2, 0) is 0 Å². The van der Waals surface area contributed by atoms with Crippen LogP contribution in [0.15, 0.2) is 9.68 Å². The molecule has 0 bridgehead atoms. The van der Waals surface area contributed by atoms with Crippen molar-refractivity contribution in [2.75, 3.05) is 6.26 Å². The van der Waals surface area contributed by atoms with Crippen LogP contribution >= 0.6 is 11.8 Å². The van der Waals surface area contributed by atoms with Gasteiger partial charge in [0.2, 0.25) is 11.0 Å². The zero-order valence-corrected chi connectivity index (χ0v) is 5.53. The molecule has 0 aliphatic heterocycles. The molecule has 4 heteroatoms. The first kappa shape index (κ1) is 5.62. The standard InChI is InChI=1S/C4H6N2OS/c1-3-5-4(8-2)6-7-3/h1-2H3. The van der Waals surface area contributed by atoms with E-state index in [9.17, 15) is 0 Å². The minimum absolute atomic E-state index is 0.620. The van der Waals surface area contributed by atoms with Gasteiger partial charge in [-0.05, 0) is 6.26 Å². The molecule has 0 radical (unpaired) electrons. The summed E-state index contributed by atoms with van der Waals surface area (Å²) in [5.41, 5.74) is 0. The van der Waals surface area contributed by atoms with Crippen LogP contribution in [0.25, 0.3) is 0 Å². The van der Waals surface area contributed by atoms with E-state index in [-0.39, 0.29) is 0 Å². The molecule has 1 rings (SSSR count). The van der Waals surface area contributed by atoms with Gasteiger partial charge in [-0.2, -0.15) is 4.98 Å². The topological polar surface area (TPSA) is 38.9 Å². The average molecular weight is 130 g/mol. The molecular weight excluding hydrogens is 124 g/mol. The summed E-state index contributed by atoms with van der Waals surface area (Å²) in [6.45, 7) is 1.77. The van der Waals surface area contributed by atoms with E-state index in [0.29, 0.717) is 11.0 Å². The highest BCUT2D eigenvalue weighted by Gasteiger charge is 1.95. The van der Waals surface area contributed by atoms with Crippen molar-refractivity contribution in [3.8, 4) is 0 Å². The third-order valence-electron chi connectivity index (χ3n) is 0.692. The highest BCUT2D eigenvalue weighted by atomic mass is 32.2. The van der Waals surface area contributed by atoms with Crippen LogP contribution in [-0.4, -0.2) is 16.4 Å². The molecule has 3 nitrogen and oxygen atoms in total. The minimum atomic E-state index is 0.620. The van der Waals surface area contributed by atoms with Crippen molar-refractivity contribution in [2.45, 2.75) is 12.1 Å². The summed E-state index contributed by atoms with van der Waals surface area (Å²) in [7, 11) is 0. The van der Waals surface area contributed by atoms with Gasteiger partial charge < -0.3 is 4.52 Å². The number of rotatable bonds is 1. The van der Waals surface area contributed by atoms with E-state index >= 15 is 0 Å². The number of hydrogen-bond donors (Lipinski definition) is 0. The molecule has 44 valence electrons. The molecule has 0 saturated heterocycles. The van der Waals surface area contributed by atoms with Crippen LogP contribution in [0.1, 0.15) is 5.89 Å². The smallest absolute Gasteiger partial charge is 0.229 e. The van der Waals surface area contributed by atoms with Crippen LogP contribution in [0.2, 0.25) is 0 Å². The van der Waals surface area contributed by atoms with E-state index in [1.54, 1.807) is 6.92 Å². The highest BCUT2D eigenvalue weighted by molar-refractivity contribution is 7.98. The van der Waals surface area contributed by atoms with Crippen molar-refractivity contribution in [2.24, 2.45) is 0 Å². The molecule has 1 aromatic heterocycles. The van der Waals surface area contributed by atoms with E-state index in [1.807, 2.05) is 6.26 Å². The lowest BCUT2D eigenvalue weighted by Crippen LogP contribution is -1.69. The van der Waals surface area contributed by atoms with E-state index in [1.165, 1.54) is 11.8 Å².